The number of aromatic nitrogens is 2. The zero-order valence-corrected chi connectivity index (χ0v) is 13.6. The number of benzene rings is 1. The first kappa shape index (κ1) is 14.6. The van der Waals surface area contributed by atoms with Crippen molar-refractivity contribution >= 4 is 46.0 Å². The van der Waals surface area contributed by atoms with Gasteiger partial charge in [-0.1, -0.05) is 24.1 Å². The van der Waals surface area contributed by atoms with Crippen molar-refractivity contribution in [3.8, 4) is 0 Å². The van der Waals surface area contributed by atoms with Crippen molar-refractivity contribution in [1.82, 2.24) is 9.55 Å². The molecule has 3 rings (SSSR count). The normalized spacial score (nSPS) is 19.6. The summed E-state index contributed by atoms with van der Waals surface area (Å²) in [5.74, 6) is 2.94. The van der Waals surface area contributed by atoms with Crippen molar-refractivity contribution < 1.29 is 0 Å². The average molecular weight is 329 g/mol. The lowest BCUT2D eigenvalue weighted by Gasteiger charge is -2.22. The number of thioether (sulfide) groups is 1. The van der Waals surface area contributed by atoms with Gasteiger partial charge < -0.3 is 4.57 Å². The Balaban J connectivity index is 1.97. The Bertz CT molecular complexity index is 591. The lowest BCUT2D eigenvalue weighted by molar-refractivity contribution is 0.577. The number of alkyl halides is 1. The van der Waals surface area contributed by atoms with Gasteiger partial charge in [0.1, 0.15) is 11.3 Å². The molecule has 1 aliphatic heterocycles. The van der Waals surface area contributed by atoms with E-state index in [4.69, 9.17) is 28.2 Å². The molecule has 20 heavy (non-hydrogen) atoms. The van der Waals surface area contributed by atoms with E-state index < -0.39 is 0 Å². The van der Waals surface area contributed by atoms with Gasteiger partial charge in [-0.25, -0.2) is 4.98 Å². The second-order valence-electron chi connectivity index (χ2n) is 5.17. The highest BCUT2D eigenvalue weighted by molar-refractivity contribution is 7.99. The van der Waals surface area contributed by atoms with E-state index in [0.717, 1.165) is 34.8 Å². The van der Waals surface area contributed by atoms with Crippen LogP contribution in [0.2, 0.25) is 5.02 Å². The third-order valence-corrected chi connectivity index (χ3v) is 5.66. The zero-order valence-electron chi connectivity index (χ0n) is 11.3. The highest BCUT2D eigenvalue weighted by atomic mass is 35.5. The van der Waals surface area contributed by atoms with Crippen LogP contribution in [-0.4, -0.2) is 26.4 Å². The molecule has 0 N–H and O–H groups in total. The first-order chi connectivity index (χ1) is 9.79. The van der Waals surface area contributed by atoms with E-state index in [-0.39, 0.29) is 0 Å². The molecule has 1 aliphatic rings. The number of nitrogens with zero attached hydrogens (tertiary/aromatic N) is 2. The van der Waals surface area contributed by atoms with Gasteiger partial charge in [0.25, 0.3) is 0 Å². The number of imidazole rings is 1. The predicted molar refractivity (Wildman–Crippen MR) is 89.3 cm³/mol. The summed E-state index contributed by atoms with van der Waals surface area (Å²) in [6.45, 7) is 1.02. The first-order valence-electron chi connectivity index (χ1n) is 7.11. The van der Waals surface area contributed by atoms with E-state index >= 15 is 0 Å². The number of hydrogen-bond donors (Lipinski definition) is 0. The molecule has 2 aromatic rings. The monoisotopic (exact) mass is 328 g/mol. The van der Waals surface area contributed by atoms with Crippen LogP contribution in [0.5, 0.6) is 0 Å². The Hall–Kier alpha value is -0.380. The average Bonchev–Trinajstić information content (AvgIpc) is 2.81. The lowest BCUT2D eigenvalue weighted by atomic mass is 10.2. The third kappa shape index (κ3) is 2.95. The molecule has 1 atom stereocenters. The molecule has 1 aromatic carbocycles. The SMILES string of the molecule is ClCCc1nc2c(Cl)cccc2n1CC1CCCCS1. The van der Waals surface area contributed by atoms with Crippen molar-refractivity contribution in [1.29, 1.82) is 0 Å². The Morgan fingerprint density at radius 2 is 2.25 bits per heavy atom. The molecule has 0 spiro atoms. The maximum absolute atomic E-state index is 6.27. The quantitative estimate of drug-likeness (QED) is 0.753. The van der Waals surface area contributed by atoms with E-state index in [2.05, 4.69) is 22.4 Å². The molecule has 2 nitrogen and oxygen atoms in total. The summed E-state index contributed by atoms with van der Waals surface area (Å²) in [6, 6.07) is 6.02. The Labute approximate surface area is 133 Å². The fourth-order valence-corrected chi connectivity index (χ4v) is 4.47. The van der Waals surface area contributed by atoms with E-state index in [1.807, 2.05) is 12.1 Å². The van der Waals surface area contributed by atoms with Crippen LogP contribution in [0.15, 0.2) is 18.2 Å². The van der Waals surface area contributed by atoms with E-state index in [1.165, 1.54) is 25.0 Å². The molecule has 1 unspecified atom stereocenters. The molecule has 0 bridgehead atoms. The molecule has 0 aliphatic carbocycles. The number of para-hydroxylation sites is 1. The predicted octanol–water partition coefficient (Wildman–Crippen LogP) is 4.76. The molecular formula is C15H18Cl2N2S. The lowest BCUT2D eigenvalue weighted by Crippen LogP contribution is -2.18. The van der Waals surface area contributed by atoms with Crippen LogP contribution < -0.4 is 0 Å². The molecule has 1 fully saturated rings. The molecule has 2 heterocycles. The number of aryl methyl sites for hydroxylation is 1. The van der Waals surface area contributed by atoms with Crippen molar-refractivity contribution in [3.63, 3.8) is 0 Å². The van der Waals surface area contributed by atoms with Crippen LogP contribution in [0.3, 0.4) is 0 Å². The maximum atomic E-state index is 6.27. The molecule has 5 heteroatoms. The Kier molecular flexibility index (Phi) is 4.79. The topological polar surface area (TPSA) is 17.8 Å². The maximum Gasteiger partial charge on any atom is 0.111 e. The summed E-state index contributed by atoms with van der Waals surface area (Å²) in [5.41, 5.74) is 2.05. The van der Waals surface area contributed by atoms with E-state index in [0.29, 0.717) is 11.1 Å². The van der Waals surface area contributed by atoms with Gasteiger partial charge >= 0.3 is 0 Å². The second-order valence-corrected chi connectivity index (χ2v) is 7.37. The van der Waals surface area contributed by atoms with Crippen molar-refractivity contribution in [2.24, 2.45) is 0 Å². The summed E-state index contributed by atoms with van der Waals surface area (Å²) >= 11 is 14.3. The summed E-state index contributed by atoms with van der Waals surface area (Å²) < 4.78 is 2.33. The van der Waals surface area contributed by atoms with Crippen molar-refractivity contribution in [2.45, 2.75) is 37.5 Å². The fraction of sp³-hybridized carbons (Fsp3) is 0.533. The fourth-order valence-electron chi connectivity index (χ4n) is 2.80. The van der Waals surface area contributed by atoms with Gasteiger partial charge in [-0.2, -0.15) is 11.8 Å². The molecule has 0 amide bonds. The number of hydrogen-bond acceptors (Lipinski definition) is 2. The van der Waals surface area contributed by atoms with Crippen LogP contribution in [0.1, 0.15) is 25.1 Å². The van der Waals surface area contributed by atoms with Gasteiger partial charge in [0.15, 0.2) is 0 Å². The second kappa shape index (κ2) is 6.59. The van der Waals surface area contributed by atoms with Gasteiger partial charge in [0.2, 0.25) is 0 Å². The minimum Gasteiger partial charge on any atom is -0.327 e. The Morgan fingerprint density at radius 3 is 3.00 bits per heavy atom. The van der Waals surface area contributed by atoms with Gasteiger partial charge in [0, 0.05) is 24.1 Å². The van der Waals surface area contributed by atoms with Crippen LogP contribution in [0.25, 0.3) is 11.0 Å². The van der Waals surface area contributed by atoms with Crippen molar-refractivity contribution in [3.05, 3.63) is 29.0 Å². The minimum absolute atomic E-state index is 0.596. The highest BCUT2D eigenvalue weighted by Crippen LogP contribution is 2.30. The molecule has 0 saturated carbocycles. The molecular weight excluding hydrogens is 311 g/mol. The van der Waals surface area contributed by atoms with Crippen LogP contribution in [0, 0.1) is 0 Å². The summed E-state index contributed by atoms with van der Waals surface area (Å²) in [4.78, 5) is 4.70. The highest BCUT2D eigenvalue weighted by Gasteiger charge is 2.19. The van der Waals surface area contributed by atoms with Gasteiger partial charge in [-0.15, -0.1) is 11.6 Å². The number of rotatable bonds is 4. The zero-order chi connectivity index (χ0) is 13.9. The Morgan fingerprint density at radius 1 is 1.35 bits per heavy atom. The molecule has 1 aromatic heterocycles. The first-order valence-corrected chi connectivity index (χ1v) is 9.07. The van der Waals surface area contributed by atoms with Crippen LogP contribution in [-0.2, 0) is 13.0 Å². The standard InChI is InChI=1S/C15H18Cl2N2S/c16-8-7-14-18-15-12(17)5-3-6-13(15)19(14)10-11-4-1-2-9-20-11/h3,5-6,11H,1-2,4,7-10H2. The molecule has 0 radical (unpaired) electrons. The third-order valence-electron chi connectivity index (χ3n) is 3.79. The van der Waals surface area contributed by atoms with Crippen LogP contribution in [0.4, 0.5) is 0 Å². The van der Waals surface area contributed by atoms with E-state index in [1.54, 1.807) is 0 Å². The summed E-state index contributed by atoms with van der Waals surface area (Å²) in [5, 5.41) is 1.42. The molecule has 1 saturated heterocycles. The summed E-state index contributed by atoms with van der Waals surface area (Å²) in [6.07, 6.45) is 4.79. The number of fused-ring (bicyclic) bond motifs is 1. The number of halogens is 2. The van der Waals surface area contributed by atoms with Gasteiger partial charge in [-0.3, -0.25) is 0 Å². The van der Waals surface area contributed by atoms with Crippen LogP contribution >= 0.6 is 35.0 Å². The van der Waals surface area contributed by atoms with Crippen molar-refractivity contribution in [2.75, 3.05) is 11.6 Å². The summed E-state index contributed by atoms with van der Waals surface area (Å²) in [7, 11) is 0. The molecule has 108 valence electrons. The smallest absolute Gasteiger partial charge is 0.111 e. The van der Waals surface area contributed by atoms with Gasteiger partial charge in [-0.05, 0) is 30.7 Å². The largest absolute Gasteiger partial charge is 0.327 e. The van der Waals surface area contributed by atoms with E-state index in [9.17, 15) is 0 Å². The minimum atomic E-state index is 0.596. The van der Waals surface area contributed by atoms with Gasteiger partial charge in [0.05, 0.1) is 10.5 Å².